The fraction of sp³-hybridized carbons (Fsp3) is 0.158. The highest BCUT2D eigenvalue weighted by molar-refractivity contribution is 9.10. The first-order valence-electron chi connectivity index (χ1n) is 7.49. The lowest BCUT2D eigenvalue weighted by atomic mass is 10.1. The molecule has 1 heterocycles. The summed E-state index contributed by atoms with van der Waals surface area (Å²) >= 11 is 4.77. The molecule has 1 amide bonds. The van der Waals surface area contributed by atoms with E-state index in [1.165, 1.54) is 11.8 Å². The number of halogens is 1. The fourth-order valence-electron chi connectivity index (χ4n) is 2.45. The molecule has 0 radical (unpaired) electrons. The van der Waals surface area contributed by atoms with Crippen molar-refractivity contribution >= 4 is 45.1 Å². The lowest BCUT2D eigenvalue weighted by Crippen LogP contribution is -2.34. The number of carbonyl (C=O) groups is 2. The second kappa shape index (κ2) is 6.57. The summed E-state index contributed by atoms with van der Waals surface area (Å²) in [5.41, 5.74) is 1.37. The first-order chi connectivity index (χ1) is 11.4. The Balaban J connectivity index is 1.99. The van der Waals surface area contributed by atoms with E-state index in [0.717, 1.165) is 10.2 Å². The van der Waals surface area contributed by atoms with E-state index in [9.17, 15) is 9.59 Å². The highest BCUT2D eigenvalue weighted by Crippen LogP contribution is 2.45. The number of rotatable bonds is 3. The van der Waals surface area contributed by atoms with Crippen LogP contribution in [0, 0.1) is 0 Å². The number of ketones is 1. The molecular weight excluding hydrogens is 386 g/mol. The molecule has 0 N–H and O–H groups in total. The summed E-state index contributed by atoms with van der Waals surface area (Å²) in [5.74, 6) is -0.134. The van der Waals surface area contributed by atoms with Crippen molar-refractivity contribution in [3.63, 3.8) is 0 Å². The highest BCUT2D eigenvalue weighted by Gasteiger charge is 2.44. The molecule has 0 spiro atoms. The number of hydrogen-bond donors (Lipinski definition) is 0. The first-order valence-corrected chi connectivity index (χ1v) is 9.10. The van der Waals surface area contributed by atoms with Gasteiger partial charge in [-0.25, -0.2) is 0 Å². The molecule has 0 atom stereocenters. The number of para-hydroxylation sites is 1. The van der Waals surface area contributed by atoms with Gasteiger partial charge in [0.25, 0.3) is 0 Å². The van der Waals surface area contributed by atoms with Crippen molar-refractivity contribution in [1.82, 2.24) is 0 Å². The van der Waals surface area contributed by atoms with Crippen LogP contribution < -0.4 is 4.90 Å². The van der Waals surface area contributed by atoms with Gasteiger partial charge < -0.3 is 0 Å². The second-order valence-corrected chi connectivity index (χ2v) is 8.50. The smallest absolute Gasteiger partial charge is 0.248 e. The zero-order valence-corrected chi connectivity index (χ0v) is 15.7. The molecule has 1 aliphatic heterocycles. The fourth-order valence-corrected chi connectivity index (χ4v) is 3.86. The number of hydrogen-bond acceptors (Lipinski definition) is 3. The number of benzene rings is 2. The van der Waals surface area contributed by atoms with Crippen LogP contribution in [0.4, 0.5) is 5.69 Å². The predicted octanol–water partition coefficient (Wildman–Crippen LogP) is 5.03. The van der Waals surface area contributed by atoms with E-state index in [4.69, 9.17) is 0 Å². The SMILES string of the molecule is CC1(C)S/C(=C\C(=O)c2ccc(Br)cc2)N(c2ccccc2)C1=O. The largest absolute Gasteiger partial charge is 0.289 e. The molecule has 1 aliphatic rings. The summed E-state index contributed by atoms with van der Waals surface area (Å²) in [6.45, 7) is 3.75. The van der Waals surface area contributed by atoms with Crippen molar-refractivity contribution in [2.24, 2.45) is 0 Å². The van der Waals surface area contributed by atoms with Gasteiger partial charge in [0.1, 0.15) is 0 Å². The minimum absolute atomic E-state index is 0.0199. The molecule has 1 saturated heterocycles. The molecule has 3 nitrogen and oxygen atoms in total. The lowest BCUT2D eigenvalue weighted by molar-refractivity contribution is -0.119. The van der Waals surface area contributed by atoms with Gasteiger partial charge in [0.15, 0.2) is 5.78 Å². The van der Waals surface area contributed by atoms with Crippen LogP contribution in [-0.2, 0) is 4.79 Å². The molecule has 24 heavy (non-hydrogen) atoms. The second-order valence-electron chi connectivity index (χ2n) is 5.94. The summed E-state index contributed by atoms with van der Waals surface area (Å²) < 4.78 is 0.325. The van der Waals surface area contributed by atoms with Gasteiger partial charge in [-0.1, -0.05) is 45.9 Å². The van der Waals surface area contributed by atoms with Gasteiger partial charge in [0.05, 0.1) is 9.78 Å². The summed E-state index contributed by atoms with van der Waals surface area (Å²) in [4.78, 5) is 26.9. The van der Waals surface area contributed by atoms with E-state index in [1.807, 2.05) is 56.3 Å². The minimum Gasteiger partial charge on any atom is -0.289 e. The van der Waals surface area contributed by atoms with E-state index in [-0.39, 0.29) is 11.7 Å². The van der Waals surface area contributed by atoms with Gasteiger partial charge in [-0.05, 0) is 50.2 Å². The number of thioether (sulfide) groups is 1. The topological polar surface area (TPSA) is 37.4 Å². The lowest BCUT2D eigenvalue weighted by Gasteiger charge is -2.18. The Hall–Kier alpha value is -1.85. The Kier molecular flexibility index (Phi) is 4.65. The molecule has 0 unspecified atom stereocenters. The Morgan fingerprint density at radius 2 is 1.71 bits per heavy atom. The average Bonchev–Trinajstić information content (AvgIpc) is 2.78. The van der Waals surface area contributed by atoms with Crippen molar-refractivity contribution < 1.29 is 9.59 Å². The third-order valence-corrected chi connectivity index (χ3v) is 5.42. The standard InChI is InChI=1S/C19H16BrNO2S/c1-19(2)18(23)21(15-6-4-3-5-7-15)17(24-19)12-16(22)13-8-10-14(20)11-9-13/h3-12H,1-2H3/b17-12-. The Bertz CT molecular complexity index is 813. The number of allylic oxidation sites excluding steroid dienone is 1. The first kappa shape index (κ1) is 17.0. The molecule has 1 fully saturated rings. The van der Waals surface area contributed by atoms with Crippen LogP contribution in [0.5, 0.6) is 0 Å². The highest BCUT2D eigenvalue weighted by atomic mass is 79.9. The molecule has 2 aromatic carbocycles. The Morgan fingerprint density at radius 1 is 1.08 bits per heavy atom. The van der Waals surface area contributed by atoms with Gasteiger partial charge in [-0.2, -0.15) is 0 Å². The van der Waals surface area contributed by atoms with E-state index in [2.05, 4.69) is 15.9 Å². The van der Waals surface area contributed by atoms with Crippen LogP contribution in [0.3, 0.4) is 0 Å². The maximum absolute atomic E-state index is 12.7. The third kappa shape index (κ3) is 3.32. The van der Waals surface area contributed by atoms with Crippen LogP contribution >= 0.6 is 27.7 Å². The zero-order valence-electron chi connectivity index (χ0n) is 13.3. The summed E-state index contributed by atoms with van der Waals surface area (Å²) in [6.07, 6.45) is 1.55. The van der Waals surface area contributed by atoms with Gasteiger partial charge in [0.2, 0.25) is 5.91 Å². The van der Waals surface area contributed by atoms with Crippen LogP contribution in [0.1, 0.15) is 24.2 Å². The van der Waals surface area contributed by atoms with Gasteiger partial charge in [0, 0.05) is 21.8 Å². The maximum Gasteiger partial charge on any atom is 0.248 e. The number of amides is 1. The van der Waals surface area contributed by atoms with Crippen molar-refractivity contribution in [2.75, 3.05) is 4.90 Å². The number of anilines is 1. The zero-order chi connectivity index (χ0) is 17.3. The number of nitrogens with zero attached hydrogens (tertiary/aromatic N) is 1. The molecule has 5 heteroatoms. The molecule has 0 aliphatic carbocycles. The minimum atomic E-state index is -0.596. The summed E-state index contributed by atoms with van der Waals surface area (Å²) in [6, 6.07) is 16.6. The van der Waals surface area contributed by atoms with Crippen molar-refractivity contribution in [2.45, 2.75) is 18.6 Å². The van der Waals surface area contributed by atoms with Crippen molar-refractivity contribution in [3.05, 3.63) is 75.7 Å². The maximum atomic E-state index is 12.7. The van der Waals surface area contributed by atoms with Crippen molar-refractivity contribution in [3.8, 4) is 0 Å². The molecular formula is C19H16BrNO2S. The molecule has 0 bridgehead atoms. The van der Waals surface area contributed by atoms with Crippen molar-refractivity contribution in [1.29, 1.82) is 0 Å². The number of carbonyl (C=O) groups excluding carboxylic acids is 2. The normalized spacial score (nSPS) is 18.2. The Morgan fingerprint density at radius 3 is 2.33 bits per heavy atom. The van der Waals surface area contributed by atoms with E-state index in [0.29, 0.717) is 10.6 Å². The van der Waals surface area contributed by atoms with Gasteiger partial charge in [-0.15, -0.1) is 0 Å². The van der Waals surface area contributed by atoms with Gasteiger partial charge in [-0.3, -0.25) is 14.5 Å². The third-order valence-electron chi connectivity index (χ3n) is 3.70. The quantitative estimate of drug-likeness (QED) is 0.534. The van der Waals surface area contributed by atoms with E-state index in [1.54, 1.807) is 23.1 Å². The predicted molar refractivity (Wildman–Crippen MR) is 102 cm³/mol. The molecule has 3 rings (SSSR count). The Labute approximate surface area is 153 Å². The molecule has 0 saturated carbocycles. The average molecular weight is 402 g/mol. The van der Waals surface area contributed by atoms with Crippen LogP contribution in [-0.4, -0.2) is 16.4 Å². The van der Waals surface area contributed by atoms with Gasteiger partial charge >= 0.3 is 0 Å². The van der Waals surface area contributed by atoms with E-state index < -0.39 is 4.75 Å². The van der Waals surface area contributed by atoms with Crippen LogP contribution in [0.15, 0.2) is 70.2 Å². The molecule has 0 aromatic heterocycles. The van der Waals surface area contributed by atoms with Crippen LogP contribution in [0.2, 0.25) is 0 Å². The van der Waals surface area contributed by atoms with Crippen LogP contribution in [0.25, 0.3) is 0 Å². The summed E-state index contributed by atoms with van der Waals surface area (Å²) in [5, 5.41) is 0.657. The van der Waals surface area contributed by atoms with E-state index >= 15 is 0 Å². The summed E-state index contributed by atoms with van der Waals surface area (Å²) in [7, 11) is 0. The molecule has 122 valence electrons. The molecule has 2 aromatic rings. The monoisotopic (exact) mass is 401 g/mol.